The number of amides is 1. The van der Waals surface area contributed by atoms with E-state index in [4.69, 9.17) is 13.8 Å². The summed E-state index contributed by atoms with van der Waals surface area (Å²) in [4.78, 5) is 39.9. The van der Waals surface area contributed by atoms with Crippen molar-refractivity contribution in [2.75, 3.05) is 40.9 Å². The predicted octanol–water partition coefficient (Wildman–Crippen LogP) is 17.9. The molecule has 9 nitrogen and oxygen atoms in total. The number of nitrogens with zero attached hydrogens (tertiary/aromatic N) is 1. The highest BCUT2D eigenvalue weighted by Crippen LogP contribution is 2.38. The fourth-order valence-corrected chi connectivity index (χ4v) is 9.49. The van der Waals surface area contributed by atoms with Crippen molar-refractivity contribution in [3.8, 4) is 0 Å². The normalized spacial score (nSPS) is 14.0. The molecule has 3 unspecified atom stereocenters. The molecule has 0 fully saturated rings. The van der Waals surface area contributed by atoms with E-state index in [1.165, 1.54) is 167 Å². The molecule has 0 saturated carbocycles. The predicted molar refractivity (Wildman–Crippen MR) is 307 cm³/mol. The van der Waals surface area contributed by atoms with Crippen molar-refractivity contribution in [2.24, 2.45) is 0 Å². The SMILES string of the molecule is CCCCC/C=C\C/C=C\C/C=C\CCCCCCCCCCC(=O)NC(COP(=O)([O-])OCC[N+](C)(C)C)C(/C=C\CCCCCCCCCCC)OC(=O)CCCCCCCCCCCCCCCC. The van der Waals surface area contributed by atoms with E-state index >= 15 is 0 Å². The van der Waals surface area contributed by atoms with Crippen molar-refractivity contribution in [3.05, 3.63) is 48.6 Å². The van der Waals surface area contributed by atoms with E-state index in [-0.39, 0.29) is 31.5 Å². The maximum Gasteiger partial charge on any atom is 0.306 e. The van der Waals surface area contributed by atoms with Crippen LogP contribution in [0.15, 0.2) is 48.6 Å². The Kier molecular flexibility index (Phi) is 50.9. The molecule has 0 aliphatic rings. The van der Waals surface area contributed by atoms with E-state index in [2.05, 4.69) is 62.5 Å². The number of rotatable bonds is 55. The summed E-state index contributed by atoms with van der Waals surface area (Å²) in [7, 11) is 1.18. The van der Waals surface area contributed by atoms with Crippen molar-refractivity contribution in [2.45, 2.75) is 296 Å². The number of allylic oxidation sites excluding steroid dienone is 7. The molecular weight excluding hydrogens is 916 g/mol. The monoisotopic (exact) mass is 1030 g/mol. The molecule has 0 aliphatic heterocycles. The van der Waals surface area contributed by atoms with Crippen molar-refractivity contribution >= 4 is 19.7 Å². The zero-order valence-corrected chi connectivity index (χ0v) is 49.0. The van der Waals surface area contributed by atoms with E-state index < -0.39 is 20.0 Å². The average molecular weight is 1030 g/mol. The number of hydrogen-bond donors (Lipinski definition) is 1. The summed E-state index contributed by atoms with van der Waals surface area (Å²) < 4.78 is 30.3. The lowest BCUT2D eigenvalue weighted by Gasteiger charge is -2.30. The number of ether oxygens (including phenoxy) is 1. The lowest BCUT2D eigenvalue weighted by molar-refractivity contribution is -0.870. The highest BCUT2D eigenvalue weighted by atomic mass is 31.2. The van der Waals surface area contributed by atoms with E-state index in [0.29, 0.717) is 17.4 Å². The molecular formula is C62H117N2O7P. The molecule has 1 N–H and O–H groups in total. The summed E-state index contributed by atoms with van der Waals surface area (Å²) in [6.07, 6.45) is 63.5. The van der Waals surface area contributed by atoms with Crippen LogP contribution >= 0.6 is 7.82 Å². The second-order valence-corrected chi connectivity index (χ2v) is 23.3. The first kappa shape index (κ1) is 70.0. The molecule has 0 aromatic rings. The first-order chi connectivity index (χ1) is 34.9. The maximum atomic E-state index is 13.5. The lowest BCUT2D eigenvalue weighted by atomic mass is 10.0. The molecule has 0 aromatic heterocycles. The third kappa shape index (κ3) is 52.8. The zero-order chi connectivity index (χ0) is 52.9. The van der Waals surface area contributed by atoms with Gasteiger partial charge >= 0.3 is 5.97 Å². The van der Waals surface area contributed by atoms with Crippen molar-refractivity contribution < 1.29 is 37.3 Å². The Morgan fingerprint density at radius 1 is 0.486 bits per heavy atom. The fraction of sp³-hybridized carbons (Fsp3) is 0.839. The summed E-state index contributed by atoms with van der Waals surface area (Å²) in [5.41, 5.74) is 0. The first-order valence-electron chi connectivity index (χ1n) is 30.4. The lowest BCUT2D eigenvalue weighted by Crippen LogP contribution is -2.47. The molecule has 422 valence electrons. The number of likely N-dealkylation sites (N-methyl/N-ethyl adjacent to an activating group) is 1. The van der Waals surface area contributed by atoms with Gasteiger partial charge in [-0.1, -0.05) is 250 Å². The standard InChI is InChI=1S/C62H117N2O7P/c1-7-10-13-16-19-22-25-27-29-30-31-32-33-34-35-36-39-42-45-48-51-54-61(65)63-59(58-70-72(67,68)69-57-56-64(4,5)6)60(53-50-47-44-41-38-24-21-18-15-12-9-3)71-62(66)55-52-49-46-43-40-37-28-26-23-20-17-14-11-8-2/h19,22,27,29,31-32,50,53,59-60H,7-18,20-21,23-26,28,30,33-49,51-52,54-58H2,1-6H3,(H-,63,65,67,68)/b22-19-,29-27-,32-31-,53-50-. The molecule has 72 heavy (non-hydrogen) atoms. The van der Waals surface area contributed by atoms with Gasteiger partial charge in [0.1, 0.15) is 19.3 Å². The van der Waals surface area contributed by atoms with Crippen LogP contribution in [0, 0.1) is 0 Å². The fourth-order valence-electron chi connectivity index (χ4n) is 8.76. The smallest absolute Gasteiger partial charge is 0.306 e. The Morgan fingerprint density at radius 2 is 0.847 bits per heavy atom. The largest absolute Gasteiger partial charge is 0.756 e. The van der Waals surface area contributed by atoms with Gasteiger partial charge in [0, 0.05) is 12.8 Å². The Labute approximate surface area is 446 Å². The molecule has 0 radical (unpaired) electrons. The van der Waals surface area contributed by atoms with Gasteiger partial charge in [-0.25, -0.2) is 0 Å². The number of nitrogens with one attached hydrogen (secondary N) is 1. The van der Waals surface area contributed by atoms with Gasteiger partial charge in [0.15, 0.2) is 0 Å². The van der Waals surface area contributed by atoms with Crippen LogP contribution < -0.4 is 10.2 Å². The topological polar surface area (TPSA) is 114 Å². The van der Waals surface area contributed by atoms with Gasteiger partial charge in [-0.3, -0.25) is 14.2 Å². The molecule has 0 spiro atoms. The molecule has 0 saturated heterocycles. The van der Waals surface area contributed by atoms with E-state index in [9.17, 15) is 19.0 Å². The Morgan fingerprint density at radius 3 is 1.29 bits per heavy atom. The minimum absolute atomic E-state index is 0.0230. The highest BCUT2D eigenvalue weighted by molar-refractivity contribution is 7.45. The van der Waals surface area contributed by atoms with Crippen LogP contribution in [-0.2, 0) is 27.9 Å². The van der Waals surface area contributed by atoms with E-state index in [1.807, 2.05) is 33.3 Å². The van der Waals surface area contributed by atoms with Crippen LogP contribution in [0.3, 0.4) is 0 Å². The Balaban J connectivity index is 5.21. The summed E-state index contributed by atoms with van der Waals surface area (Å²) >= 11 is 0. The van der Waals surface area contributed by atoms with E-state index in [1.54, 1.807) is 0 Å². The number of esters is 1. The van der Waals surface area contributed by atoms with Gasteiger partial charge in [0.2, 0.25) is 5.91 Å². The third-order valence-electron chi connectivity index (χ3n) is 13.5. The molecule has 0 aromatic carbocycles. The zero-order valence-electron chi connectivity index (χ0n) is 48.1. The molecule has 0 aliphatic carbocycles. The van der Waals surface area contributed by atoms with Gasteiger partial charge in [-0.2, -0.15) is 0 Å². The van der Waals surface area contributed by atoms with Gasteiger partial charge in [0.05, 0.1) is 33.8 Å². The molecule has 0 heterocycles. The molecule has 10 heteroatoms. The second kappa shape index (κ2) is 52.4. The van der Waals surface area contributed by atoms with Gasteiger partial charge in [-0.15, -0.1) is 0 Å². The quantitative estimate of drug-likeness (QED) is 0.0212. The number of unbranched alkanes of at least 4 members (excludes halogenated alkanes) is 33. The van der Waals surface area contributed by atoms with E-state index in [0.717, 1.165) is 83.5 Å². The number of hydrogen-bond acceptors (Lipinski definition) is 7. The highest BCUT2D eigenvalue weighted by Gasteiger charge is 2.27. The van der Waals surface area contributed by atoms with Crippen LogP contribution in [0.5, 0.6) is 0 Å². The Bertz CT molecular complexity index is 1380. The second-order valence-electron chi connectivity index (χ2n) is 21.9. The van der Waals surface area contributed by atoms with Crippen molar-refractivity contribution in [1.29, 1.82) is 0 Å². The van der Waals surface area contributed by atoms with Crippen LogP contribution in [0.2, 0.25) is 0 Å². The third-order valence-corrected chi connectivity index (χ3v) is 14.5. The first-order valence-corrected chi connectivity index (χ1v) is 31.9. The molecule has 0 rings (SSSR count). The summed E-state index contributed by atoms with van der Waals surface area (Å²) in [5, 5.41) is 3.02. The summed E-state index contributed by atoms with van der Waals surface area (Å²) in [6, 6.07) is -0.889. The van der Waals surface area contributed by atoms with Gasteiger partial charge in [0.25, 0.3) is 7.82 Å². The number of phosphoric ester groups is 1. The maximum absolute atomic E-state index is 13.5. The Hall–Kier alpha value is -2.03. The van der Waals surface area contributed by atoms with Crippen LogP contribution in [0.1, 0.15) is 284 Å². The van der Waals surface area contributed by atoms with Gasteiger partial charge in [-0.05, 0) is 70.3 Å². The summed E-state index contributed by atoms with van der Waals surface area (Å²) in [6.45, 7) is 6.82. The summed E-state index contributed by atoms with van der Waals surface area (Å²) in [5.74, 6) is -0.541. The molecule has 0 bridgehead atoms. The van der Waals surface area contributed by atoms with Crippen LogP contribution in [0.25, 0.3) is 0 Å². The number of carbonyl (C=O) groups is 2. The van der Waals surface area contributed by atoms with Gasteiger partial charge < -0.3 is 28.5 Å². The number of quaternary nitrogens is 1. The van der Waals surface area contributed by atoms with Crippen molar-refractivity contribution in [1.82, 2.24) is 5.32 Å². The minimum Gasteiger partial charge on any atom is -0.756 e. The number of phosphoric acid groups is 1. The van der Waals surface area contributed by atoms with Crippen LogP contribution in [0.4, 0.5) is 0 Å². The minimum atomic E-state index is -4.69. The number of carbonyl (C=O) groups excluding carboxylic acids is 2. The average Bonchev–Trinajstić information content (AvgIpc) is 3.34. The molecule has 3 atom stereocenters. The molecule has 1 amide bonds. The van der Waals surface area contributed by atoms with Crippen LogP contribution in [-0.4, -0.2) is 69.4 Å². The van der Waals surface area contributed by atoms with Crippen molar-refractivity contribution in [3.63, 3.8) is 0 Å².